The van der Waals surface area contributed by atoms with Gasteiger partial charge in [0, 0.05) is 0 Å². The molecule has 3 aromatic carbocycles. The van der Waals surface area contributed by atoms with Crippen LogP contribution in [-0.4, -0.2) is 16.6 Å². The summed E-state index contributed by atoms with van der Waals surface area (Å²) in [4.78, 5) is 0. The van der Waals surface area contributed by atoms with Gasteiger partial charge in [-0.15, -0.1) is 23.5 Å². The predicted molar refractivity (Wildman–Crippen MR) is 123 cm³/mol. The lowest BCUT2D eigenvalue weighted by Crippen LogP contribution is -2.26. The fraction of sp³-hybridized carbons (Fsp3) is 0.280. The molecule has 1 aliphatic heterocycles. The third kappa shape index (κ3) is 4.42. The molecule has 3 heteroatoms. The molecule has 1 aliphatic rings. The van der Waals surface area contributed by atoms with E-state index in [0.29, 0.717) is 5.75 Å². The molecule has 1 heterocycles. The van der Waals surface area contributed by atoms with E-state index in [1.165, 1.54) is 29.1 Å². The van der Waals surface area contributed by atoms with Gasteiger partial charge in [0.15, 0.2) is 0 Å². The van der Waals surface area contributed by atoms with Gasteiger partial charge in [0.1, 0.15) is 5.75 Å². The number of benzene rings is 3. The number of phenolic OH excluding ortho intramolecular Hbond substituents is 1. The van der Waals surface area contributed by atoms with E-state index in [2.05, 4.69) is 90.3 Å². The van der Waals surface area contributed by atoms with Gasteiger partial charge in [0.2, 0.25) is 0 Å². The van der Waals surface area contributed by atoms with Crippen LogP contribution in [0.15, 0.2) is 84.9 Å². The standard InChI is InChI=1S/C25H26OS2/c26-24-15-8-7-14-23(24)21(18-20-10-3-1-4-11-20)19-25(27-16-9-17-28-25)22-12-5-2-6-13-22/h1-8,10-15,21,26H,9,16-19H2. The van der Waals surface area contributed by atoms with Crippen LogP contribution in [0.2, 0.25) is 0 Å². The van der Waals surface area contributed by atoms with E-state index in [1.54, 1.807) is 0 Å². The molecule has 28 heavy (non-hydrogen) atoms. The first-order valence-electron chi connectivity index (χ1n) is 9.92. The lowest BCUT2D eigenvalue weighted by Gasteiger charge is -2.39. The number of para-hydroxylation sites is 1. The Balaban J connectivity index is 1.71. The monoisotopic (exact) mass is 406 g/mol. The van der Waals surface area contributed by atoms with E-state index >= 15 is 0 Å². The maximum absolute atomic E-state index is 10.6. The molecule has 0 amide bonds. The number of phenols is 1. The number of rotatable bonds is 6. The van der Waals surface area contributed by atoms with E-state index in [-0.39, 0.29) is 10.00 Å². The van der Waals surface area contributed by atoms with E-state index in [0.717, 1.165) is 18.4 Å². The second-order valence-electron chi connectivity index (χ2n) is 7.32. The van der Waals surface area contributed by atoms with Gasteiger partial charge in [-0.05, 0) is 59.4 Å². The molecule has 0 bridgehead atoms. The average Bonchev–Trinajstić information content (AvgIpc) is 2.76. The van der Waals surface area contributed by atoms with Gasteiger partial charge in [-0.25, -0.2) is 0 Å². The highest BCUT2D eigenvalue weighted by atomic mass is 32.2. The van der Waals surface area contributed by atoms with Crippen LogP contribution in [-0.2, 0) is 10.5 Å². The van der Waals surface area contributed by atoms with Crippen molar-refractivity contribution < 1.29 is 5.11 Å². The van der Waals surface area contributed by atoms with Gasteiger partial charge >= 0.3 is 0 Å². The van der Waals surface area contributed by atoms with Crippen molar-refractivity contribution in [2.75, 3.05) is 11.5 Å². The Bertz CT molecular complexity index is 873. The summed E-state index contributed by atoms with van der Waals surface area (Å²) in [7, 11) is 0. The van der Waals surface area contributed by atoms with Crippen molar-refractivity contribution in [3.63, 3.8) is 0 Å². The SMILES string of the molecule is Oc1ccccc1C(Cc1ccccc1)CC1(c2ccccc2)SCCCS1. The molecular formula is C25H26OS2. The quantitative estimate of drug-likeness (QED) is 0.484. The van der Waals surface area contributed by atoms with Crippen molar-refractivity contribution in [3.05, 3.63) is 102 Å². The molecule has 3 aromatic rings. The zero-order chi connectivity index (χ0) is 19.2. The summed E-state index contributed by atoms with van der Waals surface area (Å²) in [6.07, 6.45) is 3.22. The molecule has 0 saturated carbocycles. The number of hydrogen-bond donors (Lipinski definition) is 1. The Hall–Kier alpha value is -1.84. The number of hydrogen-bond acceptors (Lipinski definition) is 3. The van der Waals surface area contributed by atoms with Crippen LogP contribution in [0.3, 0.4) is 0 Å². The van der Waals surface area contributed by atoms with Crippen molar-refractivity contribution in [2.45, 2.75) is 29.3 Å². The van der Waals surface area contributed by atoms with E-state index in [1.807, 2.05) is 18.2 Å². The average molecular weight is 407 g/mol. The van der Waals surface area contributed by atoms with Crippen molar-refractivity contribution in [2.24, 2.45) is 0 Å². The van der Waals surface area contributed by atoms with Crippen molar-refractivity contribution in [1.29, 1.82) is 0 Å². The first kappa shape index (κ1) is 19.5. The molecule has 1 nitrogen and oxygen atoms in total. The maximum Gasteiger partial charge on any atom is 0.119 e. The first-order valence-corrected chi connectivity index (χ1v) is 11.9. The fourth-order valence-electron chi connectivity index (χ4n) is 4.02. The summed E-state index contributed by atoms with van der Waals surface area (Å²) in [5.41, 5.74) is 3.79. The number of aromatic hydroxyl groups is 1. The highest BCUT2D eigenvalue weighted by Gasteiger charge is 2.38. The Morgan fingerprint density at radius 2 is 1.39 bits per heavy atom. The zero-order valence-electron chi connectivity index (χ0n) is 16.0. The molecule has 144 valence electrons. The van der Waals surface area contributed by atoms with Gasteiger partial charge in [-0.3, -0.25) is 0 Å². The Morgan fingerprint density at radius 1 is 0.786 bits per heavy atom. The summed E-state index contributed by atoms with van der Waals surface area (Å²) in [5, 5.41) is 10.6. The molecule has 1 fully saturated rings. The van der Waals surface area contributed by atoms with Gasteiger partial charge in [0.25, 0.3) is 0 Å². The minimum atomic E-state index is 0.0429. The molecular weight excluding hydrogens is 380 g/mol. The molecule has 0 radical (unpaired) electrons. The molecule has 4 rings (SSSR count). The summed E-state index contributed by atoms with van der Waals surface area (Å²) in [6.45, 7) is 0. The van der Waals surface area contributed by atoms with Crippen LogP contribution in [0.1, 0.15) is 35.4 Å². The van der Waals surface area contributed by atoms with E-state index in [9.17, 15) is 5.11 Å². The van der Waals surface area contributed by atoms with E-state index in [4.69, 9.17) is 0 Å². The van der Waals surface area contributed by atoms with Crippen molar-refractivity contribution in [3.8, 4) is 5.75 Å². The zero-order valence-corrected chi connectivity index (χ0v) is 17.6. The van der Waals surface area contributed by atoms with Gasteiger partial charge in [-0.1, -0.05) is 78.9 Å². The Morgan fingerprint density at radius 3 is 2.07 bits per heavy atom. The molecule has 1 N–H and O–H groups in total. The van der Waals surface area contributed by atoms with Gasteiger partial charge in [-0.2, -0.15) is 0 Å². The highest BCUT2D eigenvalue weighted by Crippen LogP contribution is 2.56. The third-order valence-electron chi connectivity index (χ3n) is 5.39. The second-order valence-corrected chi connectivity index (χ2v) is 10.4. The second kappa shape index (κ2) is 9.11. The maximum atomic E-state index is 10.6. The summed E-state index contributed by atoms with van der Waals surface area (Å²) in [6, 6.07) is 29.5. The molecule has 1 unspecified atom stereocenters. The fourth-order valence-corrected chi connectivity index (χ4v) is 7.51. The van der Waals surface area contributed by atoms with E-state index < -0.39 is 0 Å². The molecule has 1 atom stereocenters. The normalized spacial score (nSPS) is 17.1. The van der Waals surface area contributed by atoms with Crippen LogP contribution in [0.4, 0.5) is 0 Å². The molecule has 0 aliphatic carbocycles. The lowest BCUT2D eigenvalue weighted by molar-refractivity contribution is 0.454. The van der Waals surface area contributed by atoms with Crippen LogP contribution < -0.4 is 0 Å². The van der Waals surface area contributed by atoms with Crippen molar-refractivity contribution in [1.82, 2.24) is 0 Å². The largest absolute Gasteiger partial charge is 0.508 e. The molecule has 1 saturated heterocycles. The van der Waals surface area contributed by atoms with Gasteiger partial charge in [0.05, 0.1) is 4.08 Å². The van der Waals surface area contributed by atoms with Gasteiger partial charge < -0.3 is 5.11 Å². The minimum absolute atomic E-state index is 0.0429. The molecule has 0 spiro atoms. The topological polar surface area (TPSA) is 20.2 Å². The smallest absolute Gasteiger partial charge is 0.119 e. The van der Waals surface area contributed by atoms with Crippen LogP contribution in [0.25, 0.3) is 0 Å². The summed E-state index contributed by atoms with van der Waals surface area (Å²) in [5.74, 6) is 3.07. The first-order chi connectivity index (χ1) is 13.8. The number of thioether (sulfide) groups is 2. The van der Waals surface area contributed by atoms with Crippen molar-refractivity contribution >= 4 is 23.5 Å². The summed E-state index contributed by atoms with van der Waals surface area (Å²) >= 11 is 4.17. The third-order valence-corrected chi connectivity index (χ3v) is 8.82. The van der Waals surface area contributed by atoms with Crippen LogP contribution in [0.5, 0.6) is 5.75 Å². The van der Waals surface area contributed by atoms with Crippen LogP contribution >= 0.6 is 23.5 Å². The highest BCUT2D eigenvalue weighted by molar-refractivity contribution is 8.18. The minimum Gasteiger partial charge on any atom is -0.508 e. The predicted octanol–water partition coefficient (Wildman–Crippen LogP) is 6.83. The Kier molecular flexibility index (Phi) is 6.33. The lowest BCUT2D eigenvalue weighted by atomic mass is 9.86. The molecule has 0 aromatic heterocycles. The Labute approximate surface area is 176 Å². The summed E-state index contributed by atoms with van der Waals surface area (Å²) < 4.78 is 0.0429. The van der Waals surface area contributed by atoms with Crippen LogP contribution in [0, 0.1) is 0 Å².